The van der Waals surface area contributed by atoms with E-state index in [2.05, 4.69) is 56.1 Å². The molecule has 0 amide bonds. The smallest absolute Gasteiger partial charge is 0.00699 e. The van der Waals surface area contributed by atoms with E-state index in [1.165, 1.54) is 18.5 Å². The zero-order valence-corrected chi connectivity index (χ0v) is 9.98. The summed E-state index contributed by atoms with van der Waals surface area (Å²) in [5.74, 6) is 1.52. The Labute approximate surface area is 93.1 Å². The SMILES string of the molecule is C[C@@H]1CN(C)[C@H](C)C[C@@H]1c1ccccc1. The molecule has 1 aliphatic heterocycles. The summed E-state index contributed by atoms with van der Waals surface area (Å²) < 4.78 is 0. The number of benzene rings is 1. The molecule has 1 fully saturated rings. The van der Waals surface area contributed by atoms with Crippen molar-refractivity contribution in [3.8, 4) is 0 Å². The van der Waals surface area contributed by atoms with Crippen molar-refractivity contribution in [3.63, 3.8) is 0 Å². The zero-order valence-electron chi connectivity index (χ0n) is 9.98. The summed E-state index contributed by atoms with van der Waals surface area (Å²) >= 11 is 0. The molecule has 1 heteroatoms. The third-order valence-corrected chi connectivity index (χ3v) is 3.84. The fourth-order valence-electron chi connectivity index (χ4n) is 2.71. The summed E-state index contributed by atoms with van der Waals surface area (Å²) in [7, 11) is 2.24. The van der Waals surface area contributed by atoms with Crippen LogP contribution in [0.2, 0.25) is 0 Å². The number of rotatable bonds is 1. The summed E-state index contributed by atoms with van der Waals surface area (Å²) in [5.41, 5.74) is 1.52. The predicted molar refractivity (Wildman–Crippen MR) is 65.1 cm³/mol. The highest BCUT2D eigenvalue weighted by atomic mass is 15.1. The lowest BCUT2D eigenvalue weighted by Crippen LogP contribution is -2.41. The first-order valence-electron chi connectivity index (χ1n) is 5.93. The monoisotopic (exact) mass is 203 g/mol. The van der Waals surface area contributed by atoms with Crippen molar-refractivity contribution in [2.45, 2.75) is 32.2 Å². The number of nitrogens with zero attached hydrogens (tertiary/aromatic N) is 1. The highest BCUT2D eigenvalue weighted by molar-refractivity contribution is 5.21. The van der Waals surface area contributed by atoms with Gasteiger partial charge in [0.05, 0.1) is 0 Å². The first-order valence-corrected chi connectivity index (χ1v) is 5.93. The third kappa shape index (κ3) is 2.23. The van der Waals surface area contributed by atoms with E-state index in [-0.39, 0.29) is 0 Å². The molecule has 0 bridgehead atoms. The van der Waals surface area contributed by atoms with Gasteiger partial charge in [0.2, 0.25) is 0 Å². The van der Waals surface area contributed by atoms with Crippen molar-refractivity contribution in [2.75, 3.05) is 13.6 Å². The van der Waals surface area contributed by atoms with Crippen LogP contribution >= 0.6 is 0 Å². The minimum Gasteiger partial charge on any atom is -0.303 e. The quantitative estimate of drug-likeness (QED) is 0.678. The average Bonchev–Trinajstić information content (AvgIpc) is 2.25. The van der Waals surface area contributed by atoms with Gasteiger partial charge in [-0.15, -0.1) is 0 Å². The van der Waals surface area contributed by atoms with Crippen molar-refractivity contribution in [1.82, 2.24) is 4.90 Å². The van der Waals surface area contributed by atoms with E-state index in [1.54, 1.807) is 0 Å². The summed E-state index contributed by atoms with van der Waals surface area (Å²) in [6.45, 7) is 5.93. The first kappa shape index (κ1) is 10.7. The summed E-state index contributed by atoms with van der Waals surface area (Å²) in [6.07, 6.45) is 1.29. The van der Waals surface area contributed by atoms with Crippen LogP contribution in [0.5, 0.6) is 0 Å². The molecule has 0 aliphatic carbocycles. The fourth-order valence-corrected chi connectivity index (χ4v) is 2.71. The molecule has 2 rings (SSSR count). The molecule has 1 aromatic rings. The second-order valence-electron chi connectivity index (χ2n) is 5.02. The van der Waals surface area contributed by atoms with Crippen LogP contribution in [0.4, 0.5) is 0 Å². The van der Waals surface area contributed by atoms with Crippen LogP contribution in [0, 0.1) is 5.92 Å². The normalized spacial score (nSPS) is 32.9. The molecular formula is C14H21N. The van der Waals surface area contributed by atoms with E-state index in [0.717, 1.165) is 11.8 Å². The number of hydrogen-bond donors (Lipinski definition) is 0. The molecule has 15 heavy (non-hydrogen) atoms. The van der Waals surface area contributed by atoms with Gasteiger partial charge in [-0.1, -0.05) is 37.3 Å². The molecule has 1 heterocycles. The molecule has 1 aliphatic rings. The van der Waals surface area contributed by atoms with Crippen LogP contribution in [0.25, 0.3) is 0 Å². The van der Waals surface area contributed by atoms with Gasteiger partial charge in [0, 0.05) is 12.6 Å². The van der Waals surface area contributed by atoms with Gasteiger partial charge in [0.15, 0.2) is 0 Å². The van der Waals surface area contributed by atoms with E-state index in [9.17, 15) is 0 Å². The molecule has 3 atom stereocenters. The van der Waals surface area contributed by atoms with E-state index in [0.29, 0.717) is 6.04 Å². The molecule has 0 spiro atoms. The van der Waals surface area contributed by atoms with Gasteiger partial charge in [-0.25, -0.2) is 0 Å². The van der Waals surface area contributed by atoms with Gasteiger partial charge in [0.1, 0.15) is 0 Å². The molecule has 1 nitrogen and oxygen atoms in total. The van der Waals surface area contributed by atoms with Gasteiger partial charge < -0.3 is 4.90 Å². The molecule has 1 aromatic carbocycles. The van der Waals surface area contributed by atoms with Crippen molar-refractivity contribution in [1.29, 1.82) is 0 Å². The molecule has 0 N–H and O–H groups in total. The standard InChI is InChI=1S/C14H21N/c1-11-10-15(3)12(2)9-14(11)13-7-5-4-6-8-13/h4-8,11-12,14H,9-10H2,1-3H3/t11-,12-,14+/m1/s1. The third-order valence-electron chi connectivity index (χ3n) is 3.84. The summed E-state index contributed by atoms with van der Waals surface area (Å²) in [5, 5.41) is 0. The Morgan fingerprint density at radius 1 is 1.13 bits per heavy atom. The fraction of sp³-hybridized carbons (Fsp3) is 0.571. The predicted octanol–water partition coefficient (Wildman–Crippen LogP) is 3.13. The topological polar surface area (TPSA) is 3.24 Å². The van der Waals surface area contributed by atoms with Crippen LogP contribution in [-0.4, -0.2) is 24.5 Å². The Hall–Kier alpha value is -0.820. The van der Waals surface area contributed by atoms with Gasteiger partial charge in [-0.05, 0) is 37.8 Å². The molecule has 0 saturated carbocycles. The Morgan fingerprint density at radius 2 is 1.80 bits per heavy atom. The van der Waals surface area contributed by atoms with Gasteiger partial charge in [0.25, 0.3) is 0 Å². The van der Waals surface area contributed by atoms with E-state index in [1.807, 2.05) is 0 Å². The van der Waals surface area contributed by atoms with Crippen molar-refractivity contribution in [2.24, 2.45) is 5.92 Å². The molecule has 0 aromatic heterocycles. The van der Waals surface area contributed by atoms with Crippen molar-refractivity contribution in [3.05, 3.63) is 35.9 Å². The first-order chi connectivity index (χ1) is 7.18. The van der Waals surface area contributed by atoms with E-state index < -0.39 is 0 Å². The Kier molecular flexibility index (Phi) is 3.11. The molecule has 0 unspecified atom stereocenters. The van der Waals surface area contributed by atoms with Crippen molar-refractivity contribution < 1.29 is 0 Å². The Balaban J connectivity index is 2.16. The Morgan fingerprint density at radius 3 is 2.47 bits per heavy atom. The highest BCUT2D eigenvalue weighted by Gasteiger charge is 2.29. The molecular weight excluding hydrogens is 182 g/mol. The van der Waals surface area contributed by atoms with Crippen LogP contribution in [0.1, 0.15) is 31.7 Å². The van der Waals surface area contributed by atoms with Crippen LogP contribution in [-0.2, 0) is 0 Å². The van der Waals surface area contributed by atoms with Crippen LogP contribution < -0.4 is 0 Å². The minimum atomic E-state index is 0.714. The van der Waals surface area contributed by atoms with Crippen LogP contribution in [0.15, 0.2) is 30.3 Å². The minimum absolute atomic E-state index is 0.714. The lowest BCUT2D eigenvalue weighted by Gasteiger charge is -2.40. The Bertz CT molecular complexity index is 306. The molecule has 0 radical (unpaired) electrons. The highest BCUT2D eigenvalue weighted by Crippen LogP contribution is 2.34. The molecule has 82 valence electrons. The number of piperidine rings is 1. The lowest BCUT2D eigenvalue weighted by atomic mass is 9.79. The largest absolute Gasteiger partial charge is 0.303 e. The van der Waals surface area contributed by atoms with Gasteiger partial charge in [-0.3, -0.25) is 0 Å². The lowest BCUT2D eigenvalue weighted by molar-refractivity contribution is 0.136. The van der Waals surface area contributed by atoms with Crippen molar-refractivity contribution >= 4 is 0 Å². The average molecular weight is 203 g/mol. The summed E-state index contributed by atoms with van der Waals surface area (Å²) in [6, 6.07) is 11.7. The second-order valence-corrected chi connectivity index (χ2v) is 5.02. The maximum Gasteiger partial charge on any atom is 0.00699 e. The summed E-state index contributed by atoms with van der Waals surface area (Å²) in [4.78, 5) is 2.48. The van der Waals surface area contributed by atoms with Gasteiger partial charge >= 0.3 is 0 Å². The zero-order chi connectivity index (χ0) is 10.8. The number of likely N-dealkylation sites (tertiary alicyclic amines) is 1. The maximum absolute atomic E-state index is 2.48. The van der Waals surface area contributed by atoms with Gasteiger partial charge in [-0.2, -0.15) is 0 Å². The maximum atomic E-state index is 2.48. The van der Waals surface area contributed by atoms with E-state index in [4.69, 9.17) is 0 Å². The van der Waals surface area contributed by atoms with Crippen LogP contribution in [0.3, 0.4) is 0 Å². The van der Waals surface area contributed by atoms with E-state index >= 15 is 0 Å². The molecule has 1 saturated heterocycles. The number of hydrogen-bond acceptors (Lipinski definition) is 1. The second kappa shape index (κ2) is 4.36.